The molecular weight excluding hydrogens is 412 g/mol. The Balaban J connectivity index is 2.42. The molecule has 0 unspecified atom stereocenters. The lowest BCUT2D eigenvalue weighted by molar-refractivity contribution is -0.140. The summed E-state index contributed by atoms with van der Waals surface area (Å²) >= 11 is 0. The Morgan fingerprint density at radius 3 is 2.13 bits per heavy atom. The van der Waals surface area contributed by atoms with Crippen LogP contribution in [0.2, 0.25) is 0 Å². The number of nitrogens with one attached hydrogen (secondary N) is 3. The second kappa shape index (κ2) is 12.8. The molecule has 0 bridgehead atoms. The quantitative estimate of drug-likeness (QED) is 0.236. The lowest BCUT2D eigenvalue weighted by Crippen LogP contribution is -2.51. The fourth-order valence-electron chi connectivity index (χ4n) is 2.60. The summed E-state index contributed by atoms with van der Waals surface area (Å²) in [6.07, 6.45) is 1.60. The SMILES string of the molecule is Cc1cc(C(=O)NCCCC[C@H](NC(=O)N[C@@H](CCC(=O)O)C(=O)O)C(=O)O)ccn1. The third-order valence-electron chi connectivity index (χ3n) is 4.22. The second-order valence-electron chi connectivity index (χ2n) is 6.77. The number of carboxylic acids is 3. The fourth-order valence-corrected chi connectivity index (χ4v) is 2.60. The molecule has 0 aromatic carbocycles. The van der Waals surface area contributed by atoms with Crippen molar-refractivity contribution >= 4 is 29.8 Å². The number of unbranched alkanes of at least 4 members (excludes halogenated alkanes) is 1. The third kappa shape index (κ3) is 10.1. The van der Waals surface area contributed by atoms with Crippen LogP contribution in [-0.4, -0.2) is 68.8 Å². The van der Waals surface area contributed by atoms with Gasteiger partial charge in [-0.25, -0.2) is 14.4 Å². The van der Waals surface area contributed by atoms with Gasteiger partial charge in [-0.1, -0.05) is 0 Å². The molecule has 0 aliphatic heterocycles. The number of carbonyl (C=O) groups excluding carboxylic acids is 2. The number of aliphatic carboxylic acids is 3. The number of urea groups is 1. The van der Waals surface area contributed by atoms with Gasteiger partial charge in [-0.3, -0.25) is 14.6 Å². The standard InChI is InChI=1S/C19H26N4O8/c1-11-10-12(7-9-20-11)16(26)21-8-3-2-4-13(17(27)28)22-19(31)23-14(18(29)30)5-6-15(24)25/h7,9-10,13-14H,2-6,8H2,1H3,(H,21,26)(H,24,25)(H,27,28)(H,29,30)(H2,22,23,31)/t13-,14-/m0/s1. The van der Waals surface area contributed by atoms with E-state index in [1.165, 1.54) is 6.20 Å². The van der Waals surface area contributed by atoms with Gasteiger partial charge >= 0.3 is 23.9 Å². The molecular formula is C19H26N4O8. The van der Waals surface area contributed by atoms with E-state index in [0.29, 0.717) is 30.6 Å². The van der Waals surface area contributed by atoms with Gasteiger partial charge in [0.1, 0.15) is 12.1 Å². The van der Waals surface area contributed by atoms with Crippen molar-refractivity contribution in [3.8, 4) is 0 Å². The van der Waals surface area contributed by atoms with Gasteiger partial charge < -0.3 is 31.3 Å². The van der Waals surface area contributed by atoms with Gasteiger partial charge in [-0.15, -0.1) is 0 Å². The molecule has 1 aromatic heterocycles. The molecule has 0 aliphatic rings. The van der Waals surface area contributed by atoms with Crippen LogP contribution >= 0.6 is 0 Å². The molecule has 2 atom stereocenters. The van der Waals surface area contributed by atoms with Crippen molar-refractivity contribution < 1.29 is 39.3 Å². The largest absolute Gasteiger partial charge is 0.481 e. The minimum atomic E-state index is -1.46. The zero-order valence-corrected chi connectivity index (χ0v) is 17.0. The number of aromatic nitrogens is 1. The summed E-state index contributed by atoms with van der Waals surface area (Å²) in [5.41, 5.74) is 1.17. The number of carboxylic acid groups (broad SMARTS) is 3. The van der Waals surface area contributed by atoms with E-state index in [1.807, 2.05) is 0 Å². The van der Waals surface area contributed by atoms with Crippen LogP contribution in [0.15, 0.2) is 18.3 Å². The smallest absolute Gasteiger partial charge is 0.326 e. The van der Waals surface area contributed by atoms with E-state index in [-0.39, 0.29) is 18.7 Å². The van der Waals surface area contributed by atoms with Crippen LogP contribution in [0.1, 0.15) is 48.2 Å². The van der Waals surface area contributed by atoms with E-state index in [2.05, 4.69) is 20.9 Å². The normalized spacial score (nSPS) is 12.3. The molecule has 3 amide bonds. The first-order valence-electron chi connectivity index (χ1n) is 9.55. The number of rotatable bonds is 13. The van der Waals surface area contributed by atoms with Crippen molar-refractivity contribution in [1.29, 1.82) is 0 Å². The van der Waals surface area contributed by atoms with Gasteiger partial charge in [-0.05, 0) is 44.7 Å². The lowest BCUT2D eigenvalue weighted by atomic mass is 10.1. The predicted molar refractivity (Wildman–Crippen MR) is 107 cm³/mol. The Bertz CT molecular complexity index is 814. The van der Waals surface area contributed by atoms with Gasteiger partial charge in [0, 0.05) is 30.4 Å². The number of amides is 3. The Hall–Kier alpha value is -3.70. The minimum Gasteiger partial charge on any atom is -0.481 e. The maximum absolute atomic E-state index is 12.0. The number of nitrogens with zero attached hydrogens (tertiary/aromatic N) is 1. The molecule has 1 heterocycles. The highest BCUT2D eigenvalue weighted by Gasteiger charge is 2.24. The van der Waals surface area contributed by atoms with E-state index in [9.17, 15) is 29.1 Å². The predicted octanol–water partition coefficient (Wildman–Crippen LogP) is 0.361. The van der Waals surface area contributed by atoms with Gasteiger partial charge in [0.05, 0.1) is 0 Å². The van der Waals surface area contributed by atoms with Crippen LogP contribution in [0.5, 0.6) is 0 Å². The molecule has 0 radical (unpaired) electrons. The molecule has 0 spiro atoms. The van der Waals surface area contributed by atoms with Gasteiger partial charge in [0.2, 0.25) is 0 Å². The Kier molecular flexibility index (Phi) is 10.4. The number of carbonyl (C=O) groups is 5. The Labute approximate surface area is 178 Å². The molecule has 0 fully saturated rings. The molecule has 0 saturated carbocycles. The van der Waals surface area contributed by atoms with Gasteiger partial charge in [0.15, 0.2) is 0 Å². The molecule has 0 aliphatic carbocycles. The summed E-state index contributed by atoms with van der Waals surface area (Å²) < 4.78 is 0. The van der Waals surface area contributed by atoms with E-state index in [1.54, 1.807) is 19.1 Å². The van der Waals surface area contributed by atoms with Crippen LogP contribution in [-0.2, 0) is 14.4 Å². The first kappa shape index (κ1) is 25.3. The zero-order valence-electron chi connectivity index (χ0n) is 17.0. The van der Waals surface area contributed by atoms with Crippen molar-refractivity contribution in [2.75, 3.05) is 6.54 Å². The highest BCUT2D eigenvalue weighted by Crippen LogP contribution is 2.04. The molecule has 1 rings (SSSR count). The third-order valence-corrected chi connectivity index (χ3v) is 4.22. The average molecular weight is 438 g/mol. The van der Waals surface area contributed by atoms with Crippen molar-refractivity contribution in [3.05, 3.63) is 29.6 Å². The maximum Gasteiger partial charge on any atom is 0.326 e. The van der Waals surface area contributed by atoms with E-state index < -0.39 is 42.4 Å². The average Bonchev–Trinajstić information content (AvgIpc) is 2.69. The fraction of sp³-hybridized carbons (Fsp3) is 0.474. The van der Waals surface area contributed by atoms with Crippen LogP contribution < -0.4 is 16.0 Å². The molecule has 12 nitrogen and oxygen atoms in total. The summed E-state index contributed by atoms with van der Waals surface area (Å²) in [5.74, 6) is -4.23. The summed E-state index contributed by atoms with van der Waals surface area (Å²) in [5, 5.41) is 33.8. The lowest BCUT2D eigenvalue weighted by Gasteiger charge is -2.18. The monoisotopic (exact) mass is 438 g/mol. The van der Waals surface area contributed by atoms with E-state index in [4.69, 9.17) is 10.2 Å². The summed E-state index contributed by atoms with van der Waals surface area (Å²) in [7, 11) is 0. The Morgan fingerprint density at radius 1 is 0.968 bits per heavy atom. The maximum atomic E-state index is 12.0. The number of hydrogen-bond acceptors (Lipinski definition) is 6. The highest BCUT2D eigenvalue weighted by atomic mass is 16.4. The summed E-state index contributed by atoms with van der Waals surface area (Å²) in [6.45, 7) is 2.06. The minimum absolute atomic E-state index is 0.0554. The van der Waals surface area contributed by atoms with Crippen LogP contribution in [0, 0.1) is 6.92 Å². The summed E-state index contributed by atoms with van der Waals surface area (Å²) in [6, 6.07) is -0.540. The summed E-state index contributed by atoms with van der Waals surface area (Å²) in [4.78, 5) is 60.9. The highest BCUT2D eigenvalue weighted by molar-refractivity contribution is 5.94. The van der Waals surface area contributed by atoms with E-state index >= 15 is 0 Å². The zero-order chi connectivity index (χ0) is 23.4. The molecule has 170 valence electrons. The van der Waals surface area contributed by atoms with Crippen molar-refractivity contribution in [2.45, 2.75) is 51.1 Å². The first-order valence-corrected chi connectivity index (χ1v) is 9.55. The number of aryl methyl sites for hydroxylation is 1. The van der Waals surface area contributed by atoms with Crippen molar-refractivity contribution in [2.24, 2.45) is 0 Å². The second-order valence-corrected chi connectivity index (χ2v) is 6.77. The van der Waals surface area contributed by atoms with Crippen LogP contribution in [0.3, 0.4) is 0 Å². The first-order chi connectivity index (χ1) is 14.6. The molecule has 0 saturated heterocycles. The van der Waals surface area contributed by atoms with Gasteiger partial charge in [-0.2, -0.15) is 0 Å². The molecule has 12 heteroatoms. The van der Waals surface area contributed by atoms with Crippen molar-refractivity contribution in [3.63, 3.8) is 0 Å². The van der Waals surface area contributed by atoms with Crippen LogP contribution in [0.4, 0.5) is 4.79 Å². The van der Waals surface area contributed by atoms with Gasteiger partial charge in [0.25, 0.3) is 5.91 Å². The molecule has 1 aromatic rings. The van der Waals surface area contributed by atoms with Crippen molar-refractivity contribution in [1.82, 2.24) is 20.9 Å². The number of hydrogen-bond donors (Lipinski definition) is 6. The molecule has 6 N–H and O–H groups in total. The van der Waals surface area contributed by atoms with E-state index in [0.717, 1.165) is 0 Å². The number of pyridine rings is 1. The molecule has 31 heavy (non-hydrogen) atoms. The van der Waals surface area contributed by atoms with Crippen LogP contribution in [0.25, 0.3) is 0 Å². The topological polar surface area (TPSA) is 195 Å². The Morgan fingerprint density at radius 2 is 1.58 bits per heavy atom.